The van der Waals surface area contributed by atoms with Crippen LogP contribution in [0.4, 0.5) is 0 Å². The van der Waals surface area contributed by atoms with Gasteiger partial charge in [-0.25, -0.2) is 0 Å². The zero-order valence-corrected chi connectivity index (χ0v) is 9.53. The second kappa shape index (κ2) is 4.08. The van der Waals surface area contributed by atoms with E-state index >= 15 is 0 Å². The van der Waals surface area contributed by atoms with Crippen LogP contribution >= 0.6 is 0 Å². The van der Waals surface area contributed by atoms with E-state index in [9.17, 15) is 4.79 Å². The van der Waals surface area contributed by atoms with Crippen molar-refractivity contribution in [3.63, 3.8) is 0 Å². The van der Waals surface area contributed by atoms with Gasteiger partial charge in [-0.05, 0) is 26.2 Å². The van der Waals surface area contributed by atoms with Crippen molar-refractivity contribution < 1.29 is 10.0 Å². The molecule has 0 aromatic rings. The Morgan fingerprint density at radius 3 is 2.53 bits per heavy atom. The molecule has 5 nitrogen and oxygen atoms in total. The third kappa shape index (κ3) is 1.91. The predicted molar refractivity (Wildman–Crippen MR) is 57.6 cm³/mol. The topological polar surface area (TPSA) is 78.9 Å². The first kappa shape index (κ1) is 11.8. The fourth-order valence-electron chi connectivity index (χ4n) is 1.61. The molecule has 3 N–H and O–H groups in total. The number of amides is 1. The van der Waals surface area contributed by atoms with Crippen molar-refractivity contribution in [1.82, 2.24) is 4.90 Å². The van der Waals surface area contributed by atoms with Crippen LogP contribution in [-0.4, -0.2) is 34.9 Å². The summed E-state index contributed by atoms with van der Waals surface area (Å²) in [7, 11) is 1.77. The number of oxime groups is 1. The van der Waals surface area contributed by atoms with Crippen molar-refractivity contribution in [2.45, 2.75) is 39.2 Å². The number of rotatable bonds is 4. The minimum Gasteiger partial charge on any atom is -0.409 e. The molecule has 0 spiro atoms. The quantitative estimate of drug-likeness (QED) is 0.313. The van der Waals surface area contributed by atoms with E-state index in [4.69, 9.17) is 10.9 Å². The van der Waals surface area contributed by atoms with E-state index in [1.165, 1.54) is 0 Å². The molecule has 1 aliphatic carbocycles. The van der Waals surface area contributed by atoms with Gasteiger partial charge >= 0.3 is 0 Å². The lowest BCUT2D eigenvalue weighted by Crippen LogP contribution is -2.45. The van der Waals surface area contributed by atoms with Crippen LogP contribution in [0, 0.1) is 5.41 Å². The smallest absolute Gasteiger partial charge is 0.236 e. The van der Waals surface area contributed by atoms with Gasteiger partial charge in [0.25, 0.3) is 0 Å². The molecular weight excluding hydrogens is 194 g/mol. The molecule has 5 heteroatoms. The summed E-state index contributed by atoms with van der Waals surface area (Å²) < 4.78 is 0. The molecule has 0 heterocycles. The molecule has 0 saturated heterocycles. The van der Waals surface area contributed by atoms with Gasteiger partial charge in [0.15, 0.2) is 5.84 Å². The summed E-state index contributed by atoms with van der Waals surface area (Å²) in [5.74, 6) is 0.00908. The average Bonchev–Trinajstić information content (AvgIpc) is 3.06. The lowest BCUT2D eigenvalue weighted by Gasteiger charge is -2.27. The molecule has 0 bridgehead atoms. The second-order valence-electron chi connectivity index (χ2n) is 4.24. The number of carbonyl (C=O) groups excluding carboxylic acids is 1. The van der Waals surface area contributed by atoms with Crippen LogP contribution in [0.5, 0.6) is 0 Å². The summed E-state index contributed by atoms with van der Waals surface area (Å²) in [6.07, 6.45) is 2.26. The van der Waals surface area contributed by atoms with Gasteiger partial charge in [0, 0.05) is 13.1 Å². The number of carbonyl (C=O) groups is 1. The molecule has 0 aromatic carbocycles. The SMILES string of the molecule is CCC(C)N(C)C(=O)C1(C(N)=NO)CC1. The number of nitrogens with zero attached hydrogens (tertiary/aromatic N) is 2. The molecule has 1 atom stereocenters. The summed E-state index contributed by atoms with van der Waals surface area (Å²) in [4.78, 5) is 13.8. The van der Waals surface area contributed by atoms with Gasteiger partial charge in [-0.2, -0.15) is 0 Å². The Morgan fingerprint density at radius 1 is 1.67 bits per heavy atom. The van der Waals surface area contributed by atoms with E-state index in [1.54, 1.807) is 11.9 Å². The van der Waals surface area contributed by atoms with E-state index in [2.05, 4.69) is 5.16 Å². The van der Waals surface area contributed by atoms with Crippen LogP contribution < -0.4 is 5.73 Å². The fraction of sp³-hybridized carbons (Fsp3) is 0.800. The molecule has 0 aromatic heterocycles. The van der Waals surface area contributed by atoms with E-state index in [0.717, 1.165) is 6.42 Å². The number of hydrogen-bond donors (Lipinski definition) is 2. The number of hydrogen-bond acceptors (Lipinski definition) is 3. The molecule has 1 rings (SSSR count). The first-order valence-electron chi connectivity index (χ1n) is 5.25. The molecule has 1 unspecified atom stereocenters. The van der Waals surface area contributed by atoms with Gasteiger partial charge in [0.05, 0.1) is 0 Å². The molecule has 1 fully saturated rings. The summed E-state index contributed by atoms with van der Waals surface area (Å²) >= 11 is 0. The Balaban J connectivity index is 2.77. The zero-order chi connectivity index (χ0) is 11.6. The first-order chi connectivity index (χ1) is 6.99. The minimum atomic E-state index is -0.715. The van der Waals surface area contributed by atoms with Crippen LogP contribution in [-0.2, 0) is 4.79 Å². The Bertz CT molecular complexity index is 284. The lowest BCUT2D eigenvalue weighted by molar-refractivity contribution is -0.135. The van der Waals surface area contributed by atoms with Gasteiger partial charge in [-0.15, -0.1) is 0 Å². The molecule has 15 heavy (non-hydrogen) atoms. The lowest BCUT2D eigenvalue weighted by atomic mass is 10.0. The maximum absolute atomic E-state index is 12.1. The van der Waals surface area contributed by atoms with Crippen molar-refractivity contribution in [3.05, 3.63) is 0 Å². The average molecular weight is 213 g/mol. The van der Waals surface area contributed by atoms with Crippen LogP contribution in [0.25, 0.3) is 0 Å². The summed E-state index contributed by atoms with van der Waals surface area (Å²) in [5, 5.41) is 11.6. The highest BCUT2D eigenvalue weighted by Gasteiger charge is 2.55. The zero-order valence-electron chi connectivity index (χ0n) is 9.53. The van der Waals surface area contributed by atoms with Gasteiger partial charge in [-0.1, -0.05) is 12.1 Å². The Morgan fingerprint density at radius 2 is 2.20 bits per heavy atom. The molecule has 1 saturated carbocycles. The molecule has 86 valence electrons. The summed E-state index contributed by atoms with van der Waals surface area (Å²) in [6, 6.07) is 0.182. The molecule has 1 aliphatic rings. The summed E-state index contributed by atoms with van der Waals surface area (Å²) in [5.41, 5.74) is 4.83. The van der Waals surface area contributed by atoms with Gasteiger partial charge in [-0.3, -0.25) is 4.79 Å². The predicted octanol–water partition coefficient (Wildman–Crippen LogP) is 0.770. The van der Waals surface area contributed by atoms with E-state index in [-0.39, 0.29) is 17.8 Å². The maximum Gasteiger partial charge on any atom is 0.236 e. The highest BCUT2D eigenvalue weighted by Crippen LogP contribution is 2.47. The maximum atomic E-state index is 12.1. The third-order valence-electron chi connectivity index (χ3n) is 3.33. The molecule has 1 amide bonds. The number of nitrogens with two attached hydrogens (primary N) is 1. The third-order valence-corrected chi connectivity index (χ3v) is 3.33. The monoisotopic (exact) mass is 213 g/mol. The van der Waals surface area contributed by atoms with Crippen LogP contribution in [0.3, 0.4) is 0 Å². The van der Waals surface area contributed by atoms with Crippen molar-refractivity contribution in [3.8, 4) is 0 Å². The van der Waals surface area contributed by atoms with Crippen LogP contribution in [0.2, 0.25) is 0 Å². The van der Waals surface area contributed by atoms with Gasteiger partial charge in [0.1, 0.15) is 5.41 Å². The van der Waals surface area contributed by atoms with Crippen LogP contribution in [0.1, 0.15) is 33.1 Å². The van der Waals surface area contributed by atoms with Gasteiger partial charge in [0.2, 0.25) is 5.91 Å². The van der Waals surface area contributed by atoms with E-state index in [1.807, 2.05) is 13.8 Å². The Kier molecular flexibility index (Phi) is 3.21. The van der Waals surface area contributed by atoms with Crippen molar-refractivity contribution >= 4 is 11.7 Å². The Labute approximate surface area is 89.9 Å². The van der Waals surface area contributed by atoms with Gasteiger partial charge < -0.3 is 15.8 Å². The normalized spacial score (nSPS) is 20.9. The largest absolute Gasteiger partial charge is 0.409 e. The highest BCUT2D eigenvalue weighted by atomic mass is 16.4. The van der Waals surface area contributed by atoms with Crippen molar-refractivity contribution in [1.29, 1.82) is 0 Å². The highest BCUT2D eigenvalue weighted by molar-refractivity contribution is 6.09. The Hall–Kier alpha value is -1.26. The van der Waals surface area contributed by atoms with Crippen molar-refractivity contribution in [2.24, 2.45) is 16.3 Å². The van der Waals surface area contributed by atoms with E-state index < -0.39 is 5.41 Å². The van der Waals surface area contributed by atoms with Crippen molar-refractivity contribution in [2.75, 3.05) is 7.05 Å². The molecule has 0 aliphatic heterocycles. The molecular formula is C10H19N3O2. The summed E-state index contributed by atoms with van der Waals surface area (Å²) in [6.45, 7) is 4.01. The standard InChI is InChI=1S/C10H19N3O2/c1-4-7(2)13(3)9(14)10(5-6-10)8(11)12-15/h7,15H,4-6H2,1-3H3,(H2,11,12). The second-order valence-corrected chi connectivity index (χ2v) is 4.24. The molecule has 0 radical (unpaired) electrons. The number of amidine groups is 1. The first-order valence-corrected chi connectivity index (χ1v) is 5.25. The van der Waals surface area contributed by atoms with Crippen LogP contribution in [0.15, 0.2) is 5.16 Å². The minimum absolute atomic E-state index is 0.0350. The van der Waals surface area contributed by atoms with E-state index in [0.29, 0.717) is 12.8 Å². The fourth-order valence-corrected chi connectivity index (χ4v) is 1.61.